The molecule has 0 bridgehead atoms. The van der Waals surface area contributed by atoms with Gasteiger partial charge in [0.15, 0.2) is 11.0 Å². The molecule has 1 heterocycles. The molecule has 33 heavy (non-hydrogen) atoms. The molecule has 0 spiro atoms. The molecule has 0 aliphatic rings. The molecule has 3 rings (SSSR count). The molecular weight excluding hydrogens is 528 g/mol. The normalized spacial score (nSPS) is 10.7. The second-order valence-electron chi connectivity index (χ2n) is 6.54. The van der Waals surface area contributed by atoms with Crippen LogP contribution in [0.15, 0.2) is 54.2 Å². The van der Waals surface area contributed by atoms with E-state index in [1.54, 1.807) is 34.9 Å². The summed E-state index contributed by atoms with van der Waals surface area (Å²) in [6.07, 6.45) is 1.67. The molecule has 0 aliphatic heterocycles. The highest BCUT2D eigenvalue weighted by Crippen LogP contribution is 2.33. The fourth-order valence-electron chi connectivity index (χ4n) is 2.74. The monoisotopic (exact) mass is 543 g/mol. The Morgan fingerprint density at radius 2 is 1.76 bits per heavy atom. The lowest BCUT2D eigenvalue weighted by Crippen LogP contribution is -2.25. The third-order valence-corrected chi connectivity index (χ3v) is 6.35. The number of halogens is 4. The number of rotatable bonds is 9. The van der Waals surface area contributed by atoms with Gasteiger partial charge in [-0.15, -0.1) is 16.8 Å². The largest absolute Gasteiger partial charge is 0.345 e. The molecular formula is C21H17Cl4N5O2S. The molecule has 3 aromatic rings. The van der Waals surface area contributed by atoms with Gasteiger partial charge in [0.2, 0.25) is 5.91 Å². The Bertz CT molecular complexity index is 1180. The second-order valence-corrected chi connectivity index (χ2v) is 9.14. The van der Waals surface area contributed by atoms with E-state index in [1.807, 2.05) is 0 Å². The topological polar surface area (TPSA) is 88.9 Å². The molecule has 7 nitrogen and oxygen atoms in total. The van der Waals surface area contributed by atoms with Crippen molar-refractivity contribution >= 4 is 75.7 Å². The maximum Gasteiger partial charge on any atom is 0.253 e. The van der Waals surface area contributed by atoms with Crippen LogP contribution in [0.1, 0.15) is 16.2 Å². The highest BCUT2D eigenvalue weighted by Gasteiger charge is 2.17. The van der Waals surface area contributed by atoms with Crippen molar-refractivity contribution in [2.75, 3.05) is 11.1 Å². The van der Waals surface area contributed by atoms with Gasteiger partial charge in [-0.3, -0.25) is 9.59 Å². The van der Waals surface area contributed by atoms with Crippen molar-refractivity contribution in [2.24, 2.45) is 0 Å². The summed E-state index contributed by atoms with van der Waals surface area (Å²) >= 11 is 25.3. The first-order chi connectivity index (χ1) is 15.8. The zero-order valence-electron chi connectivity index (χ0n) is 16.9. The summed E-state index contributed by atoms with van der Waals surface area (Å²) in [4.78, 5) is 24.8. The highest BCUT2D eigenvalue weighted by molar-refractivity contribution is 7.99. The minimum atomic E-state index is -0.340. The van der Waals surface area contributed by atoms with Crippen molar-refractivity contribution in [2.45, 2.75) is 18.2 Å². The van der Waals surface area contributed by atoms with E-state index in [2.05, 4.69) is 27.4 Å². The van der Waals surface area contributed by atoms with Crippen molar-refractivity contribution in [1.82, 2.24) is 20.1 Å². The predicted octanol–water partition coefficient (Wildman–Crippen LogP) is 5.74. The summed E-state index contributed by atoms with van der Waals surface area (Å²) in [5.74, 6) is -0.148. The number of nitrogens with one attached hydrogen (secondary N) is 2. The Balaban J connectivity index is 1.64. The number of carbonyl (C=O) groups is 2. The maximum absolute atomic E-state index is 12.4. The van der Waals surface area contributed by atoms with Gasteiger partial charge in [0, 0.05) is 11.6 Å². The lowest BCUT2D eigenvalue weighted by atomic mass is 10.2. The minimum Gasteiger partial charge on any atom is -0.345 e. The summed E-state index contributed by atoms with van der Waals surface area (Å²) in [6, 6.07) is 9.72. The van der Waals surface area contributed by atoms with Gasteiger partial charge in [-0.1, -0.05) is 76.4 Å². The van der Waals surface area contributed by atoms with Crippen molar-refractivity contribution in [3.8, 4) is 0 Å². The van der Waals surface area contributed by atoms with Gasteiger partial charge < -0.3 is 15.2 Å². The number of hydrogen-bond donors (Lipinski definition) is 2. The van der Waals surface area contributed by atoms with E-state index in [-0.39, 0.29) is 39.8 Å². The number of nitrogens with zero attached hydrogens (tertiary/aromatic N) is 3. The molecule has 0 aliphatic carbocycles. The van der Waals surface area contributed by atoms with Gasteiger partial charge in [0.1, 0.15) is 0 Å². The average molecular weight is 545 g/mol. The van der Waals surface area contributed by atoms with Crippen molar-refractivity contribution in [3.05, 3.63) is 80.5 Å². The molecule has 0 atom stereocenters. The fourth-order valence-corrected chi connectivity index (χ4v) is 4.64. The lowest BCUT2D eigenvalue weighted by molar-refractivity contribution is -0.113. The molecule has 0 saturated carbocycles. The summed E-state index contributed by atoms with van der Waals surface area (Å²) in [7, 11) is 0. The van der Waals surface area contributed by atoms with Gasteiger partial charge in [0.05, 0.1) is 38.6 Å². The molecule has 12 heteroatoms. The first-order valence-corrected chi connectivity index (χ1v) is 11.9. The van der Waals surface area contributed by atoms with Crippen LogP contribution in [-0.4, -0.2) is 32.3 Å². The van der Waals surface area contributed by atoms with Crippen LogP contribution < -0.4 is 10.6 Å². The van der Waals surface area contributed by atoms with Crippen molar-refractivity contribution in [1.29, 1.82) is 0 Å². The lowest BCUT2D eigenvalue weighted by Gasteiger charge is -2.11. The van der Waals surface area contributed by atoms with E-state index in [4.69, 9.17) is 46.4 Å². The second kappa shape index (κ2) is 11.8. The van der Waals surface area contributed by atoms with Crippen LogP contribution in [0, 0.1) is 0 Å². The Morgan fingerprint density at radius 3 is 2.42 bits per heavy atom. The van der Waals surface area contributed by atoms with Gasteiger partial charge >= 0.3 is 0 Å². The quantitative estimate of drug-likeness (QED) is 0.265. The predicted molar refractivity (Wildman–Crippen MR) is 134 cm³/mol. The first kappa shape index (κ1) is 25.4. The first-order valence-electron chi connectivity index (χ1n) is 9.43. The molecule has 0 saturated heterocycles. The third-order valence-electron chi connectivity index (χ3n) is 4.23. The standard InChI is InChI=1S/C21H17Cl4N5O2S/c1-2-7-30-17(10-26-20(32)13-5-3-4-6-14(13)23)28-29-21(30)33-11-18(31)27-19-15(24)8-12(22)9-16(19)25/h2-6,8-9H,1,7,10-11H2,(H,26,32)(H,27,31). The third kappa shape index (κ3) is 6.65. The van der Waals surface area contributed by atoms with Crippen molar-refractivity contribution in [3.63, 3.8) is 0 Å². The Hall–Kier alpha value is -2.23. The molecule has 172 valence electrons. The van der Waals surface area contributed by atoms with E-state index in [9.17, 15) is 9.59 Å². The number of amides is 2. The van der Waals surface area contributed by atoms with E-state index in [0.717, 1.165) is 0 Å². The Kier molecular flexibility index (Phi) is 9.05. The number of benzene rings is 2. The molecule has 1 aromatic heterocycles. The number of hydrogen-bond acceptors (Lipinski definition) is 5. The smallest absolute Gasteiger partial charge is 0.253 e. The molecule has 0 fully saturated rings. The average Bonchev–Trinajstić information content (AvgIpc) is 3.15. The molecule has 2 N–H and O–H groups in total. The summed E-state index contributed by atoms with van der Waals surface area (Å²) in [5.41, 5.74) is 0.642. The zero-order valence-corrected chi connectivity index (χ0v) is 20.8. The van der Waals surface area contributed by atoms with Gasteiger partial charge in [-0.25, -0.2) is 0 Å². The number of anilines is 1. The molecule has 2 aromatic carbocycles. The van der Waals surface area contributed by atoms with Crippen LogP contribution in [0.2, 0.25) is 20.1 Å². The summed E-state index contributed by atoms with van der Waals surface area (Å²) in [6.45, 7) is 4.25. The minimum absolute atomic E-state index is 0.0243. The van der Waals surface area contributed by atoms with Crippen LogP contribution in [0.5, 0.6) is 0 Å². The van der Waals surface area contributed by atoms with E-state index >= 15 is 0 Å². The summed E-state index contributed by atoms with van der Waals surface area (Å²) < 4.78 is 1.75. The molecule has 0 radical (unpaired) electrons. The molecule has 2 amide bonds. The number of carbonyl (C=O) groups excluding carboxylic acids is 2. The van der Waals surface area contributed by atoms with Gasteiger partial charge in [0.25, 0.3) is 5.91 Å². The number of allylic oxidation sites excluding steroid dienone is 1. The van der Waals surface area contributed by atoms with E-state index in [1.165, 1.54) is 23.9 Å². The fraction of sp³-hybridized carbons (Fsp3) is 0.143. The zero-order chi connectivity index (χ0) is 24.0. The Labute approximate surface area is 214 Å². The summed E-state index contributed by atoms with van der Waals surface area (Å²) in [5, 5.41) is 15.4. The number of aromatic nitrogens is 3. The van der Waals surface area contributed by atoms with Crippen LogP contribution in [0.4, 0.5) is 5.69 Å². The van der Waals surface area contributed by atoms with E-state index < -0.39 is 0 Å². The van der Waals surface area contributed by atoms with Crippen LogP contribution in [0.25, 0.3) is 0 Å². The SMILES string of the molecule is C=CCn1c(CNC(=O)c2ccccc2Cl)nnc1SCC(=O)Nc1c(Cl)cc(Cl)cc1Cl. The number of thioether (sulfide) groups is 1. The highest BCUT2D eigenvalue weighted by atomic mass is 35.5. The van der Waals surface area contributed by atoms with Gasteiger partial charge in [-0.2, -0.15) is 0 Å². The maximum atomic E-state index is 12.4. The van der Waals surface area contributed by atoms with Crippen LogP contribution in [0.3, 0.4) is 0 Å². The van der Waals surface area contributed by atoms with Crippen LogP contribution in [-0.2, 0) is 17.9 Å². The van der Waals surface area contributed by atoms with Crippen molar-refractivity contribution < 1.29 is 9.59 Å². The van der Waals surface area contributed by atoms with Crippen LogP contribution >= 0.6 is 58.2 Å². The van der Waals surface area contributed by atoms with E-state index in [0.29, 0.717) is 33.1 Å². The Morgan fingerprint density at radius 1 is 1.06 bits per heavy atom. The van der Waals surface area contributed by atoms with Gasteiger partial charge in [-0.05, 0) is 24.3 Å². The molecule has 0 unspecified atom stereocenters.